The van der Waals surface area contributed by atoms with E-state index in [1.165, 1.54) is 25.7 Å². The van der Waals surface area contributed by atoms with Crippen LogP contribution < -0.4 is 10.6 Å². The molecule has 0 radical (unpaired) electrons. The van der Waals surface area contributed by atoms with Crippen LogP contribution >= 0.6 is 0 Å². The molecule has 2 fully saturated rings. The van der Waals surface area contributed by atoms with Gasteiger partial charge in [-0.15, -0.1) is 0 Å². The van der Waals surface area contributed by atoms with E-state index in [2.05, 4.69) is 36.4 Å². The van der Waals surface area contributed by atoms with Crippen LogP contribution in [0.2, 0.25) is 0 Å². The van der Waals surface area contributed by atoms with Gasteiger partial charge in [0.05, 0.1) is 0 Å². The Morgan fingerprint density at radius 1 is 1.05 bits per heavy atom. The molecule has 0 amide bonds. The SMILES string of the molecule is CNc1cc(NC(C2CC2)C2CC2)nc(C(C)(C)C)n1. The van der Waals surface area contributed by atoms with Gasteiger partial charge < -0.3 is 10.6 Å². The van der Waals surface area contributed by atoms with Crippen LogP contribution in [0.25, 0.3) is 0 Å². The summed E-state index contributed by atoms with van der Waals surface area (Å²) in [7, 11) is 1.91. The minimum Gasteiger partial charge on any atom is -0.373 e. The largest absolute Gasteiger partial charge is 0.373 e. The van der Waals surface area contributed by atoms with Gasteiger partial charge in [0.25, 0.3) is 0 Å². The molecule has 4 heteroatoms. The molecular weight excluding hydrogens is 248 g/mol. The van der Waals surface area contributed by atoms with E-state index in [-0.39, 0.29) is 5.41 Å². The molecule has 2 saturated carbocycles. The molecule has 110 valence electrons. The number of hydrogen-bond donors (Lipinski definition) is 2. The summed E-state index contributed by atoms with van der Waals surface area (Å²) < 4.78 is 0. The third kappa shape index (κ3) is 3.05. The zero-order valence-corrected chi connectivity index (χ0v) is 13.0. The van der Waals surface area contributed by atoms with E-state index in [0.29, 0.717) is 6.04 Å². The molecular formula is C16H26N4. The van der Waals surface area contributed by atoms with Gasteiger partial charge in [0.15, 0.2) is 0 Å². The minimum absolute atomic E-state index is 0.0298. The highest BCUT2D eigenvalue weighted by Gasteiger charge is 2.41. The van der Waals surface area contributed by atoms with Crippen LogP contribution in [0.5, 0.6) is 0 Å². The molecule has 2 N–H and O–H groups in total. The fourth-order valence-electron chi connectivity index (χ4n) is 2.69. The molecule has 0 spiro atoms. The lowest BCUT2D eigenvalue weighted by Crippen LogP contribution is -2.26. The number of rotatable bonds is 5. The molecule has 0 unspecified atom stereocenters. The van der Waals surface area contributed by atoms with Crippen molar-refractivity contribution >= 4 is 11.6 Å². The maximum Gasteiger partial charge on any atom is 0.138 e. The van der Waals surface area contributed by atoms with Crippen LogP contribution in [0.1, 0.15) is 52.3 Å². The first kappa shape index (κ1) is 13.7. The lowest BCUT2D eigenvalue weighted by atomic mass is 9.96. The van der Waals surface area contributed by atoms with Gasteiger partial charge in [0.2, 0.25) is 0 Å². The second-order valence-electron chi connectivity index (χ2n) is 7.31. The quantitative estimate of drug-likeness (QED) is 0.864. The van der Waals surface area contributed by atoms with E-state index >= 15 is 0 Å². The maximum absolute atomic E-state index is 4.75. The molecule has 0 atom stereocenters. The number of nitrogens with one attached hydrogen (secondary N) is 2. The molecule has 3 rings (SSSR count). The molecule has 0 saturated heterocycles. The average molecular weight is 274 g/mol. The number of aromatic nitrogens is 2. The molecule has 0 bridgehead atoms. The molecule has 1 aromatic rings. The van der Waals surface area contributed by atoms with Gasteiger partial charge in [-0.05, 0) is 37.5 Å². The molecule has 0 aromatic carbocycles. The second-order valence-corrected chi connectivity index (χ2v) is 7.31. The first-order chi connectivity index (χ1) is 9.47. The van der Waals surface area contributed by atoms with Crippen molar-refractivity contribution in [1.82, 2.24) is 9.97 Å². The van der Waals surface area contributed by atoms with Gasteiger partial charge in [-0.3, -0.25) is 0 Å². The summed E-state index contributed by atoms with van der Waals surface area (Å²) in [5.41, 5.74) is -0.0298. The first-order valence-corrected chi connectivity index (χ1v) is 7.81. The standard InChI is InChI=1S/C16H26N4/c1-16(2,3)15-19-12(17-4)9-13(20-15)18-14(10-5-6-10)11-7-8-11/h9-11,14H,5-8H2,1-4H3,(H2,17,18,19,20). The minimum atomic E-state index is -0.0298. The Hall–Kier alpha value is -1.32. The zero-order chi connectivity index (χ0) is 14.3. The third-order valence-corrected chi connectivity index (χ3v) is 4.23. The Morgan fingerprint density at radius 2 is 1.60 bits per heavy atom. The topological polar surface area (TPSA) is 49.8 Å². The van der Waals surface area contributed by atoms with Crippen LogP contribution in [-0.2, 0) is 5.41 Å². The van der Waals surface area contributed by atoms with E-state index in [9.17, 15) is 0 Å². The van der Waals surface area contributed by atoms with Crippen molar-refractivity contribution in [3.8, 4) is 0 Å². The van der Waals surface area contributed by atoms with Crippen molar-refractivity contribution in [3.63, 3.8) is 0 Å². The molecule has 1 heterocycles. The van der Waals surface area contributed by atoms with Gasteiger partial charge in [-0.2, -0.15) is 0 Å². The smallest absolute Gasteiger partial charge is 0.138 e. The zero-order valence-electron chi connectivity index (χ0n) is 13.0. The van der Waals surface area contributed by atoms with E-state index in [0.717, 1.165) is 29.3 Å². The lowest BCUT2D eigenvalue weighted by molar-refractivity contribution is 0.540. The van der Waals surface area contributed by atoms with Crippen LogP contribution in [0.15, 0.2) is 6.07 Å². The Kier molecular flexibility index (Phi) is 3.35. The molecule has 1 aromatic heterocycles. The van der Waals surface area contributed by atoms with Crippen LogP contribution in [0.3, 0.4) is 0 Å². The van der Waals surface area contributed by atoms with Gasteiger partial charge in [0, 0.05) is 24.6 Å². The second kappa shape index (κ2) is 4.90. The normalized spacial score (nSPS) is 19.2. The summed E-state index contributed by atoms with van der Waals surface area (Å²) >= 11 is 0. The summed E-state index contributed by atoms with van der Waals surface area (Å²) in [6.07, 6.45) is 5.52. The van der Waals surface area contributed by atoms with E-state index < -0.39 is 0 Å². The lowest BCUT2D eigenvalue weighted by Gasteiger charge is -2.22. The monoisotopic (exact) mass is 274 g/mol. The predicted octanol–water partition coefficient (Wildman–Crippen LogP) is 3.42. The van der Waals surface area contributed by atoms with Crippen molar-refractivity contribution in [3.05, 3.63) is 11.9 Å². The number of anilines is 2. The molecule has 20 heavy (non-hydrogen) atoms. The summed E-state index contributed by atoms with van der Waals surface area (Å²) in [5.74, 6) is 4.52. The van der Waals surface area contributed by atoms with Crippen molar-refractivity contribution in [2.75, 3.05) is 17.7 Å². The summed E-state index contributed by atoms with van der Waals surface area (Å²) in [6, 6.07) is 2.66. The highest BCUT2D eigenvalue weighted by molar-refractivity contribution is 5.49. The Morgan fingerprint density at radius 3 is 2.05 bits per heavy atom. The predicted molar refractivity (Wildman–Crippen MR) is 83.1 cm³/mol. The highest BCUT2D eigenvalue weighted by Crippen LogP contribution is 2.45. The van der Waals surface area contributed by atoms with Crippen molar-refractivity contribution < 1.29 is 0 Å². The number of hydrogen-bond acceptors (Lipinski definition) is 4. The Bertz CT molecular complexity index is 472. The summed E-state index contributed by atoms with van der Waals surface area (Å²) in [6.45, 7) is 6.47. The summed E-state index contributed by atoms with van der Waals surface area (Å²) in [5, 5.41) is 6.85. The van der Waals surface area contributed by atoms with Gasteiger partial charge in [-0.1, -0.05) is 20.8 Å². The highest BCUT2D eigenvalue weighted by atomic mass is 15.1. The van der Waals surface area contributed by atoms with Crippen molar-refractivity contribution in [1.29, 1.82) is 0 Å². The molecule has 4 nitrogen and oxygen atoms in total. The average Bonchev–Trinajstić information content (AvgIpc) is 3.27. The van der Waals surface area contributed by atoms with Crippen LogP contribution in [-0.4, -0.2) is 23.1 Å². The number of nitrogens with zero attached hydrogens (tertiary/aromatic N) is 2. The van der Waals surface area contributed by atoms with Gasteiger partial charge >= 0.3 is 0 Å². The van der Waals surface area contributed by atoms with E-state index in [1.54, 1.807) is 0 Å². The maximum atomic E-state index is 4.75. The van der Waals surface area contributed by atoms with Crippen molar-refractivity contribution in [2.45, 2.75) is 57.9 Å². The summed E-state index contributed by atoms with van der Waals surface area (Å²) in [4.78, 5) is 9.34. The van der Waals surface area contributed by atoms with E-state index in [1.807, 2.05) is 13.1 Å². The third-order valence-electron chi connectivity index (χ3n) is 4.23. The Balaban J connectivity index is 1.83. The van der Waals surface area contributed by atoms with Crippen LogP contribution in [0.4, 0.5) is 11.6 Å². The van der Waals surface area contributed by atoms with E-state index in [4.69, 9.17) is 4.98 Å². The molecule has 2 aliphatic rings. The Labute approximate surface area is 121 Å². The van der Waals surface area contributed by atoms with Crippen LogP contribution in [0, 0.1) is 11.8 Å². The van der Waals surface area contributed by atoms with Gasteiger partial charge in [-0.25, -0.2) is 9.97 Å². The first-order valence-electron chi connectivity index (χ1n) is 7.81. The molecule has 0 aliphatic heterocycles. The fourth-order valence-corrected chi connectivity index (χ4v) is 2.69. The van der Waals surface area contributed by atoms with Gasteiger partial charge in [0.1, 0.15) is 17.5 Å². The molecule has 2 aliphatic carbocycles. The van der Waals surface area contributed by atoms with Crippen molar-refractivity contribution in [2.24, 2.45) is 11.8 Å². The fraction of sp³-hybridized carbons (Fsp3) is 0.750.